The van der Waals surface area contributed by atoms with Crippen molar-refractivity contribution >= 4 is 11.9 Å². The lowest BCUT2D eigenvalue weighted by Crippen LogP contribution is -2.07. The van der Waals surface area contributed by atoms with Crippen LogP contribution in [0.25, 0.3) is 16.9 Å². The van der Waals surface area contributed by atoms with Gasteiger partial charge in [0, 0.05) is 5.56 Å². The van der Waals surface area contributed by atoms with E-state index in [0.29, 0.717) is 11.3 Å². The number of nitrogens with zero attached hydrogens (tertiary/aromatic N) is 2. The van der Waals surface area contributed by atoms with Gasteiger partial charge in [-0.3, -0.25) is 0 Å². The molecule has 0 aliphatic rings. The van der Waals surface area contributed by atoms with Crippen LogP contribution in [0.2, 0.25) is 0 Å². The molecule has 6 heteroatoms. The zero-order valence-corrected chi connectivity index (χ0v) is 11.9. The third kappa shape index (κ3) is 2.57. The van der Waals surface area contributed by atoms with Crippen LogP contribution in [0.3, 0.4) is 0 Å². The minimum absolute atomic E-state index is 0.238. The fourth-order valence-electron chi connectivity index (χ4n) is 2.39. The van der Waals surface area contributed by atoms with Crippen molar-refractivity contribution in [2.24, 2.45) is 0 Å². The largest absolute Gasteiger partial charge is 0.478 e. The summed E-state index contributed by atoms with van der Waals surface area (Å²) in [6.07, 6.45) is 0. The Bertz CT molecular complexity index is 870. The summed E-state index contributed by atoms with van der Waals surface area (Å²) in [5.74, 6) is -2.71. The molecule has 2 N–H and O–H groups in total. The average Bonchev–Trinajstić information content (AvgIpc) is 2.97. The van der Waals surface area contributed by atoms with E-state index in [1.807, 2.05) is 6.07 Å². The first-order valence-corrected chi connectivity index (χ1v) is 6.80. The van der Waals surface area contributed by atoms with Crippen LogP contribution in [0.15, 0.2) is 60.7 Å². The maximum absolute atomic E-state index is 11.6. The van der Waals surface area contributed by atoms with E-state index in [4.69, 9.17) is 0 Å². The van der Waals surface area contributed by atoms with Crippen molar-refractivity contribution in [1.29, 1.82) is 0 Å². The summed E-state index contributed by atoms with van der Waals surface area (Å²) in [5.41, 5.74) is 0.588. The Morgan fingerprint density at radius 2 is 1.39 bits per heavy atom. The minimum atomic E-state index is -1.38. The van der Waals surface area contributed by atoms with Gasteiger partial charge in [-0.1, -0.05) is 48.5 Å². The molecule has 0 aliphatic carbocycles. The Morgan fingerprint density at radius 3 is 1.91 bits per heavy atom. The maximum atomic E-state index is 11.6. The van der Waals surface area contributed by atoms with Gasteiger partial charge in [0.15, 0.2) is 5.69 Å². The average molecular weight is 308 g/mol. The second-order valence-electron chi connectivity index (χ2n) is 4.80. The summed E-state index contributed by atoms with van der Waals surface area (Å²) in [6.45, 7) is 0. The molecule has 3 rings (SSSR count). The van der Waals surface area contributed by atoms with E-state index in [1.165, 1.54) is 4.68 Å². The van der Waals surface area contributed by atoms with Crippen LogP contribution in [0.4, 0.5) is 0 Å². The molecule has 0 bridgehead atoms. The van der Waals surface area contributed by atoms with Gasteiger partial charge in [-0.2, -0.15) is 5.10 Å². The van der Waals surface area contributed by atoms with Crippen molar-refractivity contribution in [3.63, 3.8) is 0 Å². The molecule has 6 nitrogen and oxygen atoms in total. The number of hydrogen-bond donors (Lipinski definition) is 2. The lowest BCUT2D eigenvalue weighted by Gasteiger charge is -2.08. The summed E-state index contributed by atoms with van der Waals surface area (Å²) in [5, 5.41) is 22.8. The van der Waals surface area contributed by atoms with Gasteiger partial charge in [-0.15, -0.1) is 0 Å². The molecule has 0 unspecified atom stereocenters. The van der Waals surface area contributed by atoms with Gasteiger partial charge in [-0.05, 0) is 12.1 Å². The van der Waals surface area contributed by atoms with Crippen LogP contribution in [0.1, 0.15) is 20.8 Å². The molecular weight excluding hydrogens is 296 g/mol. The predicted molar refractivity (Wildman–Crippen MR) is 82.9 cm³/mol. The quantitative estimate of drug-likeness (QED) is 0.773. The van der Waals surface area contributed by atoms with Gasteiger partial charge in [-0.25, -0.2) is 14.3 Å². The van der Waals surface area contributed by atoms with Crippen molar-refractivity contribution < 1.29 is 19.8 Å². The van der Waals surface area contributed by atoms with E-state index < -0.39 is 17.6 Å². The van der Waals surface area contributed by atoms with E-state index >= 15 is 0 Å². The molecule has 0 amide bonds. The van der Waals surface area contributed by atoms with Crippen LogP contribution in [0, 0.1) is 0 Å². The van der Waals surface area contributed by atoms with Crippen molar-refractivity contribution in [2.75, 3.05) is 0 Å². The summed E-state index contributed by atoms with van der Waals surface area (Å²) in [6, 6.07) is 17.6. The number of rotatable bonds is 4. The molecule has 0 saturated heterocycles. The second-order valence-corrected chi connectivity index (χ2v) is 4.80. The van der Waals surface area contributed by atoms with Gasteiger partial charge in [0.25, 0.3) is 0 Å². The Labute approximate surface area is 131 Å². The number of carboxylic acids is 2. The highest BCUT2D eigenvalue weighted by atomic mass is 16.4. The van der Waals surface area contributed by atoms with Crippen LogP contribution >= 0.6 is 0 Å². The molecule has 0 fully saturated rings. The standard InChI is InChI=1S/C17H12N2O4/c20-16(21)13-14(17(22)23)18-19(12-9-5-2-6-10-12)15(13)11-7-3-1-4-8-11/h1-10H,(H,20,21)(H,22,23). The van der Waals surface area contributed by atoms with E-state index in [0.717, 1.165) is 0 Å². The Hall–Kier alpha value is -3.41. The van der Waals surface area contributed by atoms with Crippen molar-refractivity contribution in [3.8, 4) is 16.9 Å². The number of aromatic carboxylic acids is 2. The van der Waals surface area contributed by atoms with Gasteiger partial charge >= 0.3 is 11.9 Å². The van der Waals surface area contributed by atoms with Crippen LogP contribution < -0.4 is 0 Å². The van der Waals surface area contributed by atoms with E-state index in [-0.39, 0.29) is 11.3 Å². The predicted octanol–water partition coefficient (Wildman–Crippen LogP) is 2.94. The topological polar surface area (TPSA) is 92.4 Å². The van der Waals surface area contributed by atoms with Crippen molar-refractivity contribution in [2.45, 2.75) is 0 Å². The zero-order valence-electron chi connectivity index (χ0n) is 11.9. The molecule has 1 heterocycles. The molecule has 3 aromatic rings. The molecular formula is C17H12N2O4. The first kappa shape index (κ1) is 14.5. The normalized spacial score (nSPS) is 10.4. The lowest BCUT2D eigenvalue weighted by molar-refractivity contribution is 0.0648. The molecule has 0 atom stereocenters. The molecule has 1 aromatic heterocycles. The fraction of sp³-hybridized carbons (Fsp3) is 0. The highest BCUT2D eigenvalue weighted by molar-refractivity contribution is 6.05. The molecule has 23 heavy (non-hydrogen) atoms. The number of hydrogen-bond acceptors (Lipinski definition) is 3. The molecule has 0 spiro atoms. The Balaban J connectivity index is 2.38. The Morgan fingerprint density at radius 1 is 0.826 bits per heavy atom. The number of benzene rings is 2. The molecule has 2 aromatic carbocycles. The second kappa shape index (κ2) is 5.76. The van der Waals surface area contributed by atoms with Gasteiger partial charge in [0.1, 0.15) is 5.56 Å². The number of para-hydroxylation sites is 1. The van der Waals surface area contributed by atoms with E-state index in [1.54, 1.807) is 54.6 Å². The minimum Gasteiger partial charge on any atom is -0.478 e. The van der Waals surface area contributed by atoms with Crippen LogP contribution in [0.5, 0.6) is 0 Å². The van der Waals surface area contributed by atoms with Crippen LogP contribution in [-0.2, 0) is 0 Å². The fourth-order valence-corrected chi connectivity index (χ4v) is 2.39. The molecule has 0 saturated carbocycles. The lowest BCUT2D eigenvalue weighted by atomic mass is 10.1. The SMILES string of the molecule is O=C(O)c1nn(-c2ccccc2)c(-c2ccccc2)c1C(=O)O. The first-order chi connectivity index (χ1) is 11.1. The third-order valence-corrected chi connectivity index (χ3v) is 3.35. The highest BCUT2D eigenvalue weighted by Gasteiger charge is 2.28. The smallest absolute Gasteiger partial charge is 0.357 e. The monoisotopic (exact) mass is 308 g/mol. The van der Waals surface area contributed by atoms with Crippen molar-refractivity contribution in [3.05, 3.63) is 71.9 Å². The summed E-state index contributed by atoms with van der Waals surface area (Å²) in [7, 11) is 0. The molecule has 114 valence electrons. The number of aromatic nitrogens is 2. The third-order valence-electron chi connectivity index (χ3n) is 3.35. The van der Waals surface area contributed by atoms with Crippen molar-refractivity contribution in [1.82, 2.24) is 9.78 Å². The zero-order chi connectivity index (χ0) is 16.4. The molecule has 0 aliphatic heterocycles. The summed E-state index contributed by atoms with van der Waals surface area (Å²) < 4.78 is 1.35. The highest BCUT2D eigenvalue weighted by Crippen LogP contribution is 2.29. The first-order valence-electron chi connectivity index (χ1n) is 6.80. The van der Waals surface area contributed by atoms with Gasteiger partial charge in [0.05, 0.1) is 11.4 Å². The summed E-state index contributed by atoms with van der Waals surface area (Å²) >= 11 is 0. The van der Waals surface area contributed by atoms with Gasteiger partial charge in [0.2, 0.25) is 0 Å². The number of carboxylic acid groups (broad SMARTS) is 2. The molecule has 0 radical (unpaired) electrons. The number of carbonyl (C=O) groups is 2. The van der Waals surface area contributed by atoms with E-state index in [9.17, 15) is 19.8 Å². The maximum Gasteiger partial charge on any atom is 0.357 e. The summed E-state index contributed by atoms with van der Waals surface area (Å²) in [4.78, 5) is 23.1. The van der Waals surface area contributed by atoms with Crippen LogP contribution in [-0.4, -0.2) is 31.9 Å². The van der Waals surface area contributed by atoms with Gasteiger partial charge < -0.3 is 10.2 Å². The Kier molecular flexibility index (Phi) is 3.64. The van der Waals surface area contributed by atoms with E-state index in [2.05, 4.69) is 5.10 Å².